The molecule has 1 aromatic rings. The van der Waals surface area contributed by atoms with Crippen LogP contribution in [0.4, 0.5) is 4.39 Å². The number of amides is 1. The molecule has 1 aliphatic heterocycles. The molecule has 0 spiro atoms. The molecule has 1 fully saturated rings. The number of quaternary nitrogens is 1. The molecule has 1 saturated heterocycles. The van der Waals surface area contributed by atoms with Gasteiger partial charge < -0.3 is 10.2 Å². The van der Waals surface area contributed by atoms with Gasteiger partial charge in [0.25, 0.3) is 5.91 Å². The van der Waals surface area contributed by atoms with E-state index in [1.165, 1.54) is 22.5 Å². The molecule has 0 unspecified atom stereocenters. The van der Waals surface area contributed by atoms with Crippen molar-refractivity contribution in [2.45, 2.75) is 31.2 Å². The van der Waals surface area contributed by atoms with Crippen LogP contribution in [-0.4, -0.2) is 56.9 Å². The van der Waals surface area contributed by atoms with Gasteiger partial charge in [-0.2, -0.15) is 9.57 Å². The first-order chi connectivity index (χ1) is 12.6. The van der Waals surface area contributed by atoms with Crippen LogP contribution in [0, 0.1) is 23.1 Å². The van der Waals surface area contributed by atoms with E-state index in [4.69, 9.17) is 0 Å². The second-order valence-electron chi connectivity index (χ2n) is 7.28. The van der Waals surface area contributed by atoms with Gasteiger partial charge in [0.15, 0.2) is 6.54 Å². The molecule has 2 rings (SSSR count). The molecular weight excluding hydrogens is 371 g/mol. The number of rotatable bonds is 6. The molecule has 9 heteroatoms. The van der Waals surface area contributed by atoms with Crippen molar-refractivity contribution in [2.24, 2.45) is 5.92 Å². The fourth-order valence-corrected chi connectivity index (χ4v) is 4.38. The first-order valence-corrected chi connectivity index (χ1v) is 10.3. The number of hydrogen-bond donors (Lipinski definition) is 2. The quantitative estimate of drug-likeness (QED) is 0.693. The van der Waals surface area contributed by atoms with Crippen molar-refractivity contribution in [1.29, 1.82) is 5.26 Å². The zero-order valence-corrected chi connectivity index (χ0v) is 16.6. The molecule has 2 N–H and O–H groups in total. The Hall–Kier alpha value is -2.02. The summed E-state index contributed by atoms with van der Waals surface area (Å²) in [5.74, 6) is -1.05. The molecule has 27 heavy (non-hydrogen) atoms. The minimum atomic E-state index is -3.89. The Labute approximate surface area is 159 Å². The van der Waals surface area contributed by atoms with Crippen molar-refractivity contribution >= 4 is 15.9 Å². The molecule has 1 amide bonds. The maximum atomic E-state index is 13.9. The van der Waals surface area contributed by atoms with Gasteiger partial charge in [-0.15, -0.1) is 0 Å². The third kappa shape index (κ3) is 4.83. The first-order valence-electron chi connectivity index (χ1n) is 8.90. The SMILES string of the molecule is CC(C)[C@@](C)(C#N)NC(=O)C[NH+]1CCN(S(=O)(=O)c2ccccc2F)CC1. The molecule has 7 nitrogen and oxygen atoms in total. The lowest BCUT2D eigenvalue weighted by Gasteiger charge is -2.32. The number of halogens is 1. The van der Waals surface area contributed by atoms with Gasteiger partial charge in [0.1, 0.15) is 16.3 Å². The summed E-state index contributed by atoms with van der Waals surface area (Å²) in [6, 6.07) is 7.45. The lowest BCUT2D eigenvalue weighted by Crippen LogP contribution is -3.16. The molecular formula is C18H26FN4O3S+. The number of carbonyl (C=O) groups is 1. The Morgan fingerprint density at radius 1 is 1.37 bits per heavy atom. The average Bonchev–Trinajstić information content (AvgIpc) is 2.62. The van der Waals surface area contributed by atoms with Gasteiger partial charge in [0, 0.05) is 0 Å². The van der Waals surface area contributed by atoms with Gasteiger partial charge in [0.2, 0.25) is 10.0 Å². The maximum Gasteiger partial charge on any atom is 0.276 e. The number of sulfonamides is 1. The topological polar surface area (TPSA) is 94.7 Å². The highest BCUT2D eigenvalue weighted by molar-refractivity contribution is 7.89. The van der Waals surface area contributed by atoms with Crippen molar-refractivity contribution in [3.8, 4) is 6.07 Å². The van der Waals surface area contributed by atoms with Crippen LogP contribution in [0.25, 0.3) is 0 Å². The van der Waals surface area contributed by atoms with Crippen molar-refractivity contribution < 1.29 is 22.5 Å². The van der Waals surface area contributed by atoms with Crippen molar-refractivity contribution in [1.82, 2.24) is 9.62 Å². The molecule has 0 bridgehead atoms. The molecule has 0 aliphatic carbocycles. The van der Waals surface area contributed by atoms with E-state index in [1.807, 2.05) is 13.8 Å². The Balaban J connectivity index is 1.95. The molecule has 1 heterocycles. The fourth-order valence-electron chi connectivity index (χ4n) is 2.87. The van der Waals surface area contributed by atoms with Crippen molar-refractivity contribution in [3.63, 3.8) is 0 Å². The third-order valence-corrected chi connectivity index (χ3v) is 7.01. The summed E-state index contributed by atoms with van der Waals surface area (Å²) in [7, 11) is -3.89. The second-order valence-corrected chi connectivity index (χ2v) is 9.18. The fraction of sp³-hybridized carbons (Fsp3) is 0.556. The zero-order chi connectivity index (χ0) is 20.2. The summed E-state index contributed by atoms with van der Waals surface area (Å²) in [5.41, 5.74) is -0.938. The van der Waals surface area contributed by atoms with Gasteiger partial charge in [-0.3, -0.25) is 4.79 Å². The summed E-state index contributed by atoms with van der Waals surface area (Å²) in [6.45, 7) is 6.86. The third-order valence-electron chi connectivity index (χ3n) is 5.08. The van der Waals surface area contributed by atoms with Crippen LogP contribution in [0.1, 0.15) is 20.8 Å². The highest BCUT2D eigenvalue weighted by atomic mass is 32.2. The Bertz CT molecular complexity index is 829. The predicted molar refractivity (Wildman–Crippen MR) is 97.7 cm³/mol. The van der Waals surface area contributed by atoms with Crippen molar-refractivity contribution in [3.05, 3.63) is 30.1 Å². The summed E-state index contributed by atoms with van der Waals surface area (Å²) >= 11 is 0. The molecule has 1 aliphatic rings. The molecule has 0 aromatic heterocycles. The zero-order valence-electron chi connectivity index (χ0n) is 15.8. The van der Waals surface area contributed by atoms with Gasteiger partial charge in [0.05, 0.1) is 32.2 Å². The van der Waals surface area contributed by atoms with Crippen LogP contribution in [0.3, 0.4) is 0 Å². The Kier molecular flexibility index (Phi) is 6.57. The number of nitriles is 1. The van der Waals surface area contributed by atoms with Crippen LogP contribution in [0.5, 0.6) is 0 Å². The molecule has 1 atom stereocenters. The van der Waals surface area contributed by atoms with Gasteiger partial charge in [-0.25, -0.2) is 12.8 Å². The minimum Gasteiger partial charge on any atom is -0.333 e. The summed E-state index contributed by atoms with van der Waals surface area (Å²) < 4.78 is 40.3. The van der Waals surface area contributed by atoms with Crippen LogP contribution < -0.4 is 10.2 Å². The predicted octanol–water partition coefficient (Wildman–Crippen LogP) is -0.231. The maximum absolute atomic E-state index is 13.9. The second kappa shape index (κ2) is 8.33. The summed E-state index contributed by atoms with van der Waals surface area (Å²) in [5, 5.41) is 12.1. The molecule has 148 valence electrons. The smallest absolute Gasteiger partial charge is 0.276 e. The Morgan fingerprint density at radius 2 is 1.96 bits per heavy atom. The standard InChI is InChI=1S/C18H25FN4O3S/c1-14(2)18(3,13-20)21-17(24)12-22-8-10-23(11-9-22)27(25,26)16-7-5-4-6-15(16)19/h4-7,14H,8-12H2,1-3H3,(H,21,24)/p+1/t18-/m1/s1. The number of nitrogens with one attached hydrogen (secondary N) is 2. The number of hydrogen-bond acceptors (Lipinski definition) is 4. The van der Waals surface area contributed by atoms with Crippen LogP contribution >= 0.6 is 0 Å². The van der Waals surface area contributed by atoms with E-state index in [2.05, 4.69) is 11.4 Å². The summed E-state index contributed by atoms with van der Waals surface area (Å²) in [4.78, 5) is 12.9. The van der Waals surface area contributed by atoms with Crippen LogP contribution in [-0.2, 0) is 14.8 Å². The van der Waals surface area contributed by atoms with Gasteiger partial charge >= 0.3 is 0 Å². The Morgan fingerprint density at radius 3 is 2.48 bits per heavy atom. The number of carbonyl (C=O) groups excluding carboxylic acids is 1. The van der Waals surface area contributed by atoms with Crippen LogP contribution in [0.15, 0.2) is 29.2 Å². The normalized spacial score (nSPS) is 18.7. The van der Waals surface area contributed by atoms with E-state index in [0.717, 1.165) is 11.0 Å². The van der Waals surface area contributed by atoms with Crippen LogP contribution in [0.2, 0.25) is 0 Å². The minimum absolute atomic E-state index is 0.0378. The highest BCUT2D eigenvalue weighted by Gasteiger charge is 2.34. The van der Waals surface area contributed by atoms with E-state index < -0.39 is 21.4 Å². The van der Waals surface area contributed by atoms with E-state index in [0.29, 0.717) is 13.1 Å². The van der Waals surface area contributed by atoms with Gasteiger partial charge in [-0.05, 0) is 25.0 Å². The van der Waals surface area contributed by atoms with E-state index >= 15 is 0 Å². The van der Waals surface area contributed by atoms with E-state index in [9.17, 15) is 22.9 Å². The lowest BCUT2D eigenvalue weighted by atomic mass is 9.90. The first kappa shape index (κ1) is 21.3. The number of nitrogens with zero attached hydrogens (tertiary/aromatic N) is 2. The molecule has 1 aromatic carbocycles. The monoisotopic (exact) mass is 397 g/mol. The number of piperazine rings is 1. The largest absolute Gasteiger partial charge is 0.333 e. The molecule has 0 radical (unpaired) electrons. The lowest BCUT2D eigenvalue weighted by molar-refractivity contribution is -0.895. The summed E-state index contributed by atoms with van der Waals surface area (Å²) in [6.07, 6.45) is 0. The highest BCUT2D eigenvalue weighted by Crippen LogP contribution is 2.18. The van der Waals surface area contributed by atoms with E-state index in [-0.39, 0.29) is 36.4 Å². The van der Waals surface area contributed by atoms with E-state index in [1.54, 1.807) is 6.92 Å². The van der Waals surface area contributed by atoms with Gasteiger partial charge in [-0.1, -0.05) is 26.0 Å². The number of benzene rings is 1. The average molecular weight is 397 g/mol. The van der Waals surface area contributed by atoms with Crippen molar-refractivity contribution in [2.75, 3.05) is 32.7 Å². The molecule has 0 saturated carbocycles.